The quantitative estimate of drug-likeness (QED) is 0.720. The van der Waals surface area contributed by atoms with E-state index in [-0.39, 0.29) is 11.7 Å². The number of nitrogens with zero attached hydrogens (tertiary/aromatic N) is 2. The summed E-state index contributed by atoms with van der Waals surface area (Å²) in [6, 6.07) is 10.8. The fourth-order valence-corrected chi connectivity index (χ4v) is 4.07. The first-order valence-corrected chi connectivity index (χ1v) is 11.2. The molecule has 33 heavy (non-hydrogen) atoms. The van der Waals surface area contributed by atoms with Crippen LogP contribution in [0.15, 0.2) is 42.5 Å². The van der Waals surface area contributed by atoms with E-state index in [9.17, 15) is 14.0 Å². The molecule has 0 aromatic heterocycles. The number of nitrogens with one attached hydrogen (secondary N) is 2. The van der Waals surface area contributed by atoms with Crippen LogP contribution in [0, 0.1) is 5.82 Å². The standard InChI is InChI=1S/C24H29FN4O4/c1-17(29-10-4-9-28(11-12-29)16-18-5-2-3-6-20(18)25)23(30)27-24(31)26-19-7-8-21-22(15-19)33-14-13-32-21/h2-3,5-8,15,17H,4,9-14,16H2,1H3,(H2,26,27,30,31). The van der Waals surface area contributed by atoms with Crippen molar-refractivity contribution in [2.75, 3.05) is 44.7 Å². The first kappa shape index (κ1) is 23.0. The normalized spacial score (nSPS) is 17.6. The predicted molar refractivity (Wildman–Crippen MR) is 122 cm³/mol. The molecule has 2 N–H and O–H groups in total. The van der Waals surface area contributed by atoms with Crippen LogP contribution in [0.25, 0.3) is 0 Å². The smallest absolute Gasteiger partial charge is 0.325 e. The number of imide groups is 1. The number of ether oxygens (including phenoxy) is 2. The van der Waals surface area contributed by atoms with Gasteiger partial charge in [0.25, 0.3) is 0 Å². The number of carbonyl (C=O) groups excluding carboxylic acids is 2. The number of hydrogen-bond acceptors (Lipinski definition) is 6. The van der Waals surface area contributed by atoms with E-state index in [0.29, 0.717) is 49.1 Å². The Morgan fingerprint density at radius 3 is 2.64 bits per heavy atom. The minimum atomic E-state index is -0.598. The number of rotatable bonds is 5. The molecule has 0 saturated carbocycles. The van der Waals surface area contributed by atoms with Crippen molar-refractivity contribution in [3.8, 4) is 11.5 Å². The van der Waals surface area contributed by atoms with Crippen LogP contribution in [0.5, 0.6) is 11.5 Å². The fourth-order valence-electron chi connectivity index (χ4n) is 4.07. The molecular formula is C24H29FN4O4. The van der Waals surface area contributed by atoms with Crippen LogP contribution in [0.4, 0.5) is 14.9 Å². The van der Waals surface area contributed by atoms with Crippen LogP contribution in [0.3, 0.4) is 0 Å². The Balaban J connectivity index is 1.27. The second kappa shape index (κ2) is 10.6. The highest BCUT2D eigenvalue weighted by molar-refractivity contribution is 6.02. The summed E-state index contributed by atoms with van der Waals surface area (Å²) in [5.41, 5.74) is 1.18. The molecule has 1 fully saturated rings. The number of fused-ring (bicyclic) bond motifs is 1. The highest BCUT2D eigenvalue weighted by atomic mass is 19.1. The molecule has 2 aliphatic rings. The Labute approximate surface area is 192 Å². The van der Waals surface area contributed by atoms with Crippen molar-refractivity contribution in [3.63, 3.8) is 0 Å². The molecule has 9 heteroatoms. The molecular weight excluding hydrogens is 427 g/mol. The first-order chi connectivity index (χ1) is 16.0. The molecule has 0 bridgehead atoms. The van der Waals surface area contributed by atoms with Gasteiger partial charge in [-0.2, -0.15) is 0 Å². The number of benzene rings is 2. The average molecular weight is 457 g/mol. The summed E-state index contributed by atoms with van der Waals surface area (Å²) in [6.45, 7) is 6.20. The average Bonchev–Trinajstić information content (AvgIpc) is 3.05. The van der Waals surface area contributed by atoms with E-state index in [4.69, 9.17) is 9.47 Å². The molecule has 1 atom stereocenters. The van der Waals surface area contributed by atoms with Gasteiger partial charge >= 0.3 is 6.03 Å². The predicted octanol–water partition coefficient (Wildman–Crippen LogP) is 2.84. The van der Waals surface area contributed by atoms with Crippen molar-refractivity contribution in [1.29, 1.82) is 0 Å². The molecule has 176 valence electrons. The van der Waals surface area contributed by atoms with Gasteiger partial charge in [-0.3, -0.25) is 19.9 Å². The maximum atomic E-state index is 14.0. The Morgan fingerprint density at radius 1 is 1.03 bits per heavy atom. The summed E-state index contributed by atoms with van der Waals surface area (Å²) >= 11 is 0. The Kier molecular flexibility index (Phi) is 7.41. The Morgan fingerprint density at radius 2 is 1.82 bits per heavy atom. The van der Waals surface area contributed by atoms with Gasteiger partial charge in [0.1, 0.15) is 19.0 Å². The molecule has 0 spiro atoms. The van der Waals surface area contributed by atoms with Crippen molar-refractivity contribution in [2.24, 2.45) is 0 Å². The van der Waals surface area contributed by atoms with E-state index >= 15 is 0 Å². The van der Waals surface area contributed by atoms with E-state index in [1.807, 2.05) is 11.0 Å². The van der Waals surface area contributed by atoms with E-state index in [0.717, 1.165) is 26.1 Å². The van der Waals surface area contributed by atoms with Crippen molar-refractivity contribution in [2.45, 2.75) is 25.9 Å². The van der Waals surface area contributed by atoms with E-state index in [1.165, 1.54) is 6.07 Å². The van der Waals surface area contributed by atoms with Gasteiger partial charge < -0.3 is 14.8 Å². The molecule has 0 aliphatic carbocycles. The summed E-state index contributed by atoms with van der Waals surface area (Å²) in [5, 5.41) is 5.08. The molecule has 1 unspecified atom stereocenters. The first-order valence-electron chi connectivity index (χ1n) is 11.2. The number of urea groups is 1. The number of halogens is 1. The zero-order valence-corrected chi connectivity index (χ0v) is 18.7. The molecule has 3 amide bonds. The highest BCUT2D eigenvalue weighted by Crippen LogP contribution is 2.32. The van der Waals surface area contributed by atoms with Gasteiger partial charge in [0, 0.05) is 43.5 Å². The summed E-state index contributed by atoms with van der Waals surface area (Å²) in [5.74, 6) is 0.619. The van der Waals surface area contributed by atoms with Gasteiger partial charge in [-0.25, -0.2) is 9.18 Å². The fraction of sp³-hybridized carbons (Fsp3) is 0.417. The lowest BCUT2D eigenvalue weighted by Gasteiger charge is -2.26. The second-order valence-electron chi connectivity index (χ2n) is 8.23. The summed E-state index contributed by atoms with van der Waals surface area (Å²) in [6.07, 6.45) is 0.857. The molecule has 0 radical (unpaired) electrons. The zero-order valence-electron chi connectivity index (χ0n) is 18.7. The van der Waals surface area contributed by atoms with Gasteiger partial charge in [0.05, 0.1) is 6.04 Å². The largest absolute Gasteiger partial charge is 0.486 e. The van der Waals surface area contributed by atoms with E-state index < -0.39 is 12.1 Å². The van der Waals surface area contributed by atoms with Crippen molar-refractivity contribution in [3.05, 3.63) is 53.8 Å². The Hall–Kier alpha value is -3.17. The number of anilines is 1. The minimum absolute atomic E-state index is 0.199. The lowest BCUT2D eigenvalue weighted by molar-refractivity contribution is -0.124. The van der Waals surface area contributed by atoms with E-state index in [2.05, 4.69) is 15.5 Å². The lowest BCUT2D eigenvalue weighted by Crippen LogP contribution is -2.49. The summed E-state index contributed by atoms with van der Waals surface area (Å²) < 4.78 is 25.0. The number of amides is 3. The van der Waals surface area contributed by atoms with E-state index in [1.54, 1.807) is 37.3 Å². The van der Waals surface area contributed by atoms with Crippen molar-refractivity contribution < 1.29 is 23.5 Å². The molecule has 2 heterocycles. The third kappa shape index (κ3) is 6.00. The maximum Gasteiger partial charge on any atom is 0.325 e. The topological polar surface area (TPSA) is 83.1 Å². The third-order valence-electron chi connectivity index (χ3n) is 5.94. The number of carbonyl (C=O) groups is 2. The van der Waals surface area contributed by atoms with Gasteiger partial charge in [0.15, 0.2) is 11.5 Å². The van der Waals surface area contributed by atoms with Crippen LogP contribution in [-0.4, -0.2) is 67.2 Å². The van der Waals surface area contributed by atoms with Crippen LogP contribution < -0.4 is 20.1 Å². The third-order valence-corrected chi connectivity index (χ3v) is 5.94. The summed E-state index contributed by atoms with van der Waals surface area (Å²) in [7, 11) is 0. The zero-order chi connectivity index (χ0) is 23.2. The Bertz CT molecular complexity index is 1000. The molecule has 2 aromatic carbocycles. The number of hydrogen-bond donors (Lipinski definition) is 2. The van der Waals surface area contributed by atoms with Gasteiger partial charge in [-0.15, -0.1) is 0 Å². The van der Waals surface area contributed by atoms with Crippen molar-refractivity contribution >= 4 is 17.6 Å². The van der Waals surface area contributed by atoms with Gasteiger partial charge in [0.2, 0.25) is 5.91 Å². The molecule has 2 aliphatic heterocycles. The second-order valence-corrected chi connectivity index (χ2v) is 8.23. The SMILES string of the molecule is CC(C(=O)NC(=O)Nc1ccc2c(c1)OCCO2)N1CCCN(Cc2ccccc2F)CC1. The van der Waals surface area contributed by atoms with Gasteiger partial charge in [-0.1, -0.05) is 18.2 Å². The lowest BCUT2D eigenvalue weighted by atomic mass is 10.2. The molecule has 4 rings (SSSR count). The highest BCUT2D eigenvalue weighted by Gasteiger charge is 2.25. The summed E-state index contributed by atoms with van der Waals surface area (Å²) in [4.78, 5) is 29.3. The molecule has 8 nitrogen and oxygen atoms in total. The maximum absolute atomic E-state index is 14.0. The van der Waals surface area contributed by atoms with Crippen LogP contribution >= 0.6 is 0 Å². The molecule has 2 aromatic rings. The molecule has 1 saturated heterocycles. The van der Waals surface area contributed by atoms with Crippen LogP contribution in [0.1, 0.15) is 18.9 Å². The van der Waals surface area contributed by atoms with Crippen molar-refractivity contribution in [1.82, 2.24) is 15.1 Å². The van der Waals surface area contributed by atoms with Crippen LogP contribution in [-0.2, 0) is 11.3 Å². The monoisotopic (exact) mass is 456 g/mol. The minimum Gasteiger partial charge on any atom is -0.486 e. The van der Waals surface area contributed by atoms with Crippen LogP contribution in [0.2, 0.25) is 0 Å². The van der Waals surface area contributed by atoms with Gasteiger partial charge in [-0.05, 0) is 38.1 Å².